The Labute approximate surface area is 115 Å². The van der Waals surface area contributed by atoms with Crippen molar-refractivity contribution >= 4 is 33.0 Å². The van der Waals surface area contributed by atoms with Gasteiger partial charge in [-0.2, -0.15) is 11.3 Å². The van der Waals surface area contributed by atoms with E-state index in [-0.39, 0.29) is 0 Å². The van der Waals surface area contributed by atoms with E-state index in [9.17, 15) is 0 Å². The summed E-state index contributed by atoms with van der Waals surface area (Å²) >= 11 is 1.73. The third-order valence-corrected chi connectivity index (χ3v) is 4.13. The van der Waals surface area contributed by atoms with Gasteiger partial charge in [0.25, 0.3) is 0 Å². The van der Waals surface area contributed by atoms with E-state index < -0.39 is 0 Å². The van der Waals surface area contributed by atoms with Crippen LogP contribution in [0.15, 0.2) is 65.5 Å². The van der Waals surface area contributed by atoms with E-state index in [0.29, 0.717) is 0 Å². The fourth-order valence-electron chi connectivity index (χ4n) is 2.57. The first-order valence-corrected chi connectivity index (χ1v) is 7.17. The number of aromatic nitrogens is 1. The number of hydrogen-bond donors (Lipinski definition) is 0. The molecule has 4 rings (SSSR count). The molecule has 0 aliphatic rings. The predicted octanol–water partition coefficient (Wildman–Crippen LogP) is 5.12. The van der Waals surface area contributed by atoms with Gasteiger partial charge >= 0.3 is 0 Å². The second kappa shape index (κ2) is 4.18. The molecule has 19 heavy (non-hydrogen) atoms. The van der Waals surface area contributed by atoms with Crippen LogP contribution in [0, 0.1) is 0 Å². The molecule has 0 aliphatic heterocycles. The van der Waals surface area contributed by atoms with Crippen molar-refractivity contribution in [1.82, 2.24) is 4.98 Å². The third-order valence-electron chi connectivity index (χ3n) is 3.44. The van der Waals surface area contributed by atoms with Crippen molar-refractivity contribution in [2.75, 3.05) is 0 Å². The van der Waals surface area contributed by atoms with Crippen LogP contribution in [0.4, 0.5) is 0 Å². The number of fused-ring (bicyclic) bond motifs is 3. The minimum Gasteiger partial charge on any atom is -0.256 e. The number of nitrogens with zero attached hydrogens (tertiary/aromatic N) is 1. The molecule has 2 heteroatoms. The van der Waals surface area contributed by atoms with Gasteiger partial charge in [0.2, 0.25) is 0 Å². The lowest BCUT2D eigenvalue weighted by atomic mass is 9.97. The third kappa shape index (κ3) is 1.65. The molecule has 0 fully saturated rings. The molecule has 0 radical (unpaired) electrons. The van der Waals surface area contributed by atoms with E-state index in [0.717, 1.165) is 5.52 Å². The smallest absolute Gasteiger partial charge is 0.0780 e. The summed E-state index contributed by atoms with van der Waals surface area (Å²) in [5, 5.41) is 8.01. The molecule has 0 amide bonds. The van der Waals surface area contributed by atoms with E-state index >= 15 is 0 Å². The van der Waals surface area contributed by atoms with Crippen molar-refractivity contribution in [1.29, 1.82) is 0 Å². The van der Waals surface area contributed by atoms with Crippen LogP contribution >= 0.6 is 11.3 Å². The van der Waals surface area contributed by atoms with Crippen LogP contribution in [0.5, 0.6) is 0 Å². The highest BCUT2D eigenvalue weighted by Crippen LogP contribution is 2.34. The Morgan fingerprint density at radius 1 is 0.895 bits per heavy atom. The molecule has 1 nitrogen and oxygen atoms in total. The summed E-state index contributed by atoms with van der Waals surface area (Å²) in [5.41, 5.74) is 3.65. The normalized spacial score (nSPS) is 11.2. The fourth-order valence-corrected chi connectivity index (χ4v) is 3.23. The van der Waals surface area contributed by atoms with Crippen LogP contribution in [0.25, 0.3) is 32.8 Å². The molecule has 0 aliphatic carbocycles. The molecule has 2 heterocycles. The van der Waals surface area contributed by atoms with Crippen LogP contribution in [-0.4, -0.2) is 4.98 Å². The summed E-state index contributed by atoms with van der Waals surface area (Å²) in [7, 11) is 0. The fraction of sp³-hybridized carbons (Fsp3) is 0. The van der Waals surface area contributed by atoms with Crippen molar-refractivity contribution in [2.24, 2.45) is 0 Å². The molecule has 0 N–H and O–H groups in total. The van der Waals surface area contributed by atoms with Gasteiger partial charge in [0, 0.05) is 17.0 Å². The Morgan fingerprint density at radius 3 is 2.63 bits per heavy atom. The predicted molar refractivity (Wildman–Crippen MR) is 82.6 cm³/mol. The molecule has 90 valence electrons. The Bertz CT molecular complexity index is 863. The van der Waals surface area contributed by atoms with Gasteiger partial charge in [0.15, 0.2) is 0 Å². The number of hydrogen-bond acceptors (Lipinski definition) is 2. The molecule has 0 saturated carbocycles. The van der Waals surface area contributed by atoms with Crippen molar-refractivity contribution < 1.29 is 0 Å². The van der Waals surface area contributed by atoms with E-state index in [1.807, 2.05) is 12.3 Å². The molecule has 0 saturated heterocycles. The monoisotopic (exact) mass is 261 g/mol. The van der Waals surface area contributed by atoms with Gasteiger partial charge in [-0.1, -0.05) is 30.3 Å². The number of benzene rings is 2. The summed E-state index contributed by atoms with van der Waals surface area (Å²) in [6.07, 6.45) is 1.86. The number of rotatable bonds is 1. The van der Waals surface area contributed by atoms with Crippen LogP contribution in [0.2, 0.25) is 0 Å². The Kier molecular flexibility index (Phi) is 2.35. The van der Waals surface area contributed by atoms with E-state index in [1.165, 1.54) is 27.3 Å². The average molecular weight is 261 g/mol. The van der Waals surface area contributed by atoms with Crippen molar-refractivity contribution in [2.45, 2.75) is 0 Å². The van der Waals surface area contributed by atoms with Crippen LogP contribution in [-0.2, 0) is 0 Å². The zero-order valence-corrected chi connectivity index (χ0v) is 11.0. The molecule has 0 bridgehead atoms. The molecule has 2 aromatic carbocycles. The largest absolute Gasteiger partial charge is 0.256 e. The quantitative estimate of drug-likeness (QED) is 0.433. The molecule has 0 spiro atoms. The Hall–Kier alpha value is -2.19. The summed E-state index contributed by atoms with van der Waals surface area (Å²) in [6, 6.07) is 17.0. The lowest BCUT2D eigenvalue weighted by Crippen LogP contribution is -1.85. The zero-order valence-electron chi connectivity index (χ0n) is 10.2. The van der Waals surface area contributed by atoms with Crippen LogP contribution in [0.1, 0.15) is 0 Å². The molecule has 4 aromatic rings. The second-order valence-corrected chi connectivity index (χ2v) is 5.34. The van der Waals surface area contributed by atoms with E-state index in [4.69, 9.17) is 0 Å². The second-order valence-electron chi connectivity index (χ2n) is 4.56. The minimum absolute atomic E-state index is 1.08. The Morgan fingerprint density at radius 2 is 1.79 bits per heavy atom. The molecule has 2 aromatic heterocycles. The first-order chi connectivity index (χ1) is 9.43. The number of pyridine rings is 1. The summed E-state index contributed by atoms with van der Waals surface area (Å²) in [4.78, 5) is 4.53. The molecule has 0 atom stereocenters. The highest BCUT2D eigenvalue weighted by molar-refractivity contribution is 7.08. The van der Waals surface area contributed by atoms with Crippen molar-refractivity contribution in [3.8, 4) is 11.1 Å². The first-order valence-electron chi connectivity index (χ1n) is 6.22. The molecular formula is C17H11NS. The first kappa shape index (κ1) is 10.7. The topological polar surface area (TPSA) is 12.9 Å². The van der Waals surface area contributed by atoms with Gasteiger partial charge in [-0.3, -0.25) is 4.98 Å². The van der Waals surface area contributed by atoms with Crippen molar-refractivity contribution in [3.63, 3.8) is 0 Å². The van der Waals surface area contributed by atoms with E-state index in [1.54, 1.807) is 11.3 Å². The van der Waals surface area contributed by atoms with Gasteiger partial charge in [-0.05, 0) is 45.5 Å². The van der Waals surface area contributed by atoms with Gasteiger partial charge in [-0.25, -0.2) is 0 Å². The van der Waals surface area contributed by atoms with Gasteiger partial charge < -0.3 is 0 Å². The van der Waals surface area contributed by atoms with Crippen molar-refractivity contribution in [3.05, 3.63) is 65.5 Å². The lowest BCUT2D eigenvalue weighted by molar-refractivity contribution is 1.43. The standard InChI is InChI=1S/C17H11NS/c1-2-6-15-14(5-1)16(13-7-9-19-11-13)10-12-4-3-8-18-17(12)15/h1-11H. The van der Waals surface area contributed by atoms with Gasteiger partial charge in [-0.15, -0.1) is 0 Å². The summed E-state index contributed by atoms with van der Waals surface area (Å²) in [6.45, 7) is 0. The maximum atomic E-state index is 4.53. The van der Waals surface area contributed by atoms with Gasteiger partial charge in [0.05, 0.1) is 5.52 Å². The highest BCUT2D eigenvalue weighted by atomic mass is 32.1. The minimum atomic E-state index is 1.08. The molecular weight excluding hydrogens is 250 g/mol. The van der Waals surface area contributed by atoms with E-state index in [2.05, 4.69) is 58.2 Å². The lowest BCUT2D eigenvalue weighted by Gasteiger charge is -2.08. The number of thiophene rings is 1. The molecule has 0 unspecified atom stereocenters. The SMILES string of the molecule is c1cnc2c(c1)cc(-c1ccsc1)c1ccccc12. The highest BCUT2D eigenvalue weighted by Gasteiger charge is 2.08. The van der Waals surface area contributed by atoms with Crippen LogP contribution < -0.4 is 0 Å². The summed E-state index contributed by atoms with van der Waals surface area (Å²) in [5.74, 6) is 0. The maximum absolute atomic E-state index is 4.53. The van der Waals surface area contributed by atoms with Gasteiger partial charge in [0.1, 0.15) is 0 Å². The zero-order chi connectivity index (χ0) is 12.7. The Balaban J connectivity index is 2.22. The summed E-state index contributed by atoms with van der Waals surface area (Å²) < 4.78 is 0. The van der Waals surface area contributed by atoms with Crippen LogP contribution in [0.3, 0.4) is 0 Å². The maximum Gasteiger partial charge on any atom is 0.0780 e. The average Bonchev–Trinajstić information content (AvgIpc) is 3.00.